The molecule has 0 aromatic heterocycles. The average Bonchev–Trinajstić information content (AvgIpc) is 3.09. The number of esters is 1. The fourth-order valence-corrected chi connectivity index (χ4v) is 5.38. The summed E-state index contributed by atoms with van der Waals surface area (Å²) in [5.41, 5.74) is 2.39. The van der Waals surface area contributed by atoms with Crippen LogP contribution in [0.15, 0.2) is 95.0 Å². The Morgan fingerprint density at radius 3 is 2.23 bits per heavy atom. The number of anilines is 1. The number of nitrogens with zero attached hydrogens (tertiary/aromatic N) is 1. The van der Waals surface area contributed by atoms with Crippen molar-refractivity contribution in [1.29, 1.82) is 0 Å². The van der Waals surface area contributed by atoms with E-state index in [2.05, 4.69) is 26.0 Å². The van der Waals surface area contributed by atoms with Crippen molar-refractivity contribution in [2.75, 3.05) is 25.7 Å². The van der Waals surface area contributed by atoms with Gasteiger partial charge in [-0.15, -0.1) is 0 Å². The maximum Gasteiger partial charge on any atom is 0.337 e. The number of benzene rings is 4. The van der Waals surface area contributed by atoms with Gasteiger partial charge < -0.3 is 23.7 Å². The van der Waals surface area contributed by atoms with E-state index in [0.717, 1.165) is 16.0 Å². The van der Waals surface area contributed by atoms with Crippen LogP contribution >= 0.6 is 15.9 Å². The predicted octanol–water partition coefficient (Wildman–Crippen LogP) is 6.47. The first-order valence-corrected chi connectivity index (χ1v) is 15.5. The van der Waals surface area contributed by atoms with Crippen LogP contribution in [0.2, 0.25) is 0 Å². The Balaban J connectivity index is 1.34. The van der Waals surface area contributed by atoms with Gasteiger partial charge in [-0.3, -0.25) is 14.9 Å². The Hall–Kier alpha value is -5.62. The smallest absolute Gasteiger partial charge is 0.337 e. The van der Waals surface area contributed by atoms with Gasteiger partial charge in [0.05, 0.1) is 36.6 Å². The lowest BCUT2D eigenvalue weighted by Gasteiger charge is -2.26. The maximum absolute atomic E-state index is 13.4. The van der Waals surface area contributed by atoms with Gasteiger partial charge in [0.2, 0.25) is 0 Å². The Bertz CT molecular complexity index is 1870. The van der Waals surface area contributed by atoms with E-state index in [1.54, 1.807) is 12.1 Å². The number of carbonyl (C=O) groups excluding carboxylic acids is 4. The molecule has 5 rings (SSSR count). The quantitative estimate of drug-likeness (QED) is 0.0998. The zero-order valence-electron chi connectivity index (χ0n) is 26.3. The molecule has 0 radical (unpaired) electrons. The maximum atomic E-state index is 13.4. The molecule has 0 aliphatic carbocycles. The number of halogens is 1. The lowest BCUT2D eigenvalue weighted by molar-refractivity contribution is -0.122. The monoisotopic (exact) mass is 714 g/mol. The van der Waals surface area contributed by atoms with Crippen molar-refractivity contribution in [2.24, 2.45) is 0 Å². The summed E-state index contributed by atoms with van der Waals surface area (Å²) in [4.78, 5) is 51.4. The summed E-state index contributed by atoms with van der Waals surface area (Å²) in [6.07, 6.45) is 1.35. The van der Waals surface area contributed by atoms with Gasteiger partial charge in [0.1, 0.15) is 18.8 Å². The van der Waals surface area contributed by atoms with E-state index < -0.39 is 23.8 Å². The van der Waals surface area contributed by atoms with Gasteiger partial charge in [0, 0.05) is 0 Å². The normalized spacial score (nSPS) is 13.6. The molecule has 0 bridgehead atoms. The highest BCUT2D eigenvalue weighted by Gasteiger charge is 2.37. The molecule has 4 aromatic rings. The van der Waals surface area contributed by atoms with Crippen LogP contribution in [-0.4, -0.2) is 44.6 Å². The molecule has 11 nitrogen and oxygen atoms in total. The lowest BCUT2D eigenvalue weighted by atomic mass is 10.1. The number of methoxy groups -OCH3 is 2. The number of rotatable bonds is 12. The van der Waals surface area contributed by atoms with Crippen molar-refractivity contribution in [1.82, 2.24) is 5.32 Å². The SMILES string of the molecule is CCOc1cc(COc2c(Br)cc(/C=C3/C(=O)NC(=O)N(c4ccc(C(=O)OC)cc4)C3=O)cc2OC)ccc1OCc1ccccc1. The zero-order valence-corrected chi connectivity index (χ0v) is 27.9. The van der Waals surface area contributed by atoms with E-state index in [1.165, 1.54) is 44.6 Å². The van der Waals surface area contributed by atoms with Crippen molar-refractivity contribution in [3.8, 4) is 23.0 Å². The molecule has 0 saturated carbocycles. The van der Waals surface area contributed by atoms with Crippen LogP contribution in [0.25, 0.3) is 6.08 Å². The average molecular weight is 716 g/mol. The van der Waals surface area contributed by atoms with Crippen LogP contribution in [0.4, 0.5) is 10.5 Å². The summed E-state index contributed by atoms with van der Waals surface area (Å²) in [5, 5.41) is 2.18. The van der Waals surface area contributed by atoms with Crippen LogP contribution in [0.1, 0.15) is 34.0 Å². The second kappa shape index (κ2) is 15.3. The fraction of sp³-hybridized carbons (Fsp3) is 0.167. The number of urea groups is 1. The second-order valence-corrected chi connectivity index (χ2v) is 11.2. The van der Waals surface area contributed by atoms with Crippen molar-refractivity contribution in [2.45, 2.75) is 20.1 Å². The Kier molecular flexibility index (Phi) is 10.8. The second-order valence-electron chi connectivity index (χ2n) is 10.3. The molecule has 0 spiro atoms. The van der Waals surface area contributed by atoms with Crippen LogP contribution in [0, 0.1) is 0 Å². The minimum absolute atomic E-state index is 0.161. The third-order valence-electron chi connectivity index (χ3n) is 7.14. The van der Waals surface area contributed by atoms with Gasteiger partial charge in [-0.05, 0) is 94.2 Å². The molecular formula is C36H31BrN2O9. The first kappa shape index (κ1) is 33.7. The number of carbonyl (C=O) groups is 4. The number of imide groups is 2. The van der Waals surface area contributed by atoms with Crippen LogP contribution in [-0.2, 0) is 27.5 Å². The van der Waals surface area contributed by atoms with Gasteiger partial charge in [-0.25, -0.2) is 14.5 Å². The molecule has 4 amide bonds. The molecule has 1 heterocycles. The van der Waals surface area contributed by atoms with Crippen LogP contribution < -0.4 is 29.2 Å². The first-order valence-electron chi connectivity index (χ1n) is 14.7. The standard InChI is InChI=1S/C36H31BrN2O9/c1-4-46-30-18-23(10-15-29(30)47-20-22-8-6-5-7-9-22)21-48-32-28(37)17-24(19-31(32)44-2)16-27-33(40)38-36(43)39(34(27)41)26-13-11-25(12-14-26)35(42)45-3/h5-19H,4,20-21H2,1-3H3,(H,38,40,43)/b27-16-. The van der Waals surface area contributed by atoms with Gasteiger partial charge in [-0.1, -0.05) is 36.4 Å². The third kappa shape index (κ3) is 7.67. The van der Waals surface area contributed by atoms with E-state index in [9.17, 15) is 19.2 Å². The van der Waals surface area contributed by atoms with E-state index in [0.29, 0.717) is 46.2 Å². The molecule has 1 fully saturated rings. The summed E-state index contributed by atoms with van der Waals surface area (Å²) in [7, 11) is 2.71. The summed E-state index contributed by atoms with van der Waals surface area (Å²) < 4.78 is 28.7. The Morgan fingerprint density at radius 1 is 0.812 bits per heavy atom. The van der Waals surface area contributed by atoms with Crippen molar-refractivity contribution in [3.63, 3.8) is 0 Å². The lowest BCUT2D eigenvalue weighted by Crippen LogP contribution is -2.54. The highest BCUT2D eigenvalue weighted by Crippen LogP contribution is 2.39. The number of barbiturate groups is 1. The van der Waals surface area contributed by atoms with E-state index in [1.807, 2.05) is 55.5 Å². The minimum Gasteiger partial charge on any atom is -0.493 e. The highest BCUT2D eigenvalue weighted by atomic mass is 79.9. The minimum atomic E-state index is -0.918. The molecule has 48 heavy (non-hydrogen) atoms. The Morgan fingerprint density at radius 2 is 1.54 bits per heavy atom. The molecule has 1 aliphatic heterocycles. The molecule has 246 valence electrons. The van der Waals surface area contributed by atoms with Crippen molar-refractivity contribution < 1.29 is 42.9 Å². The number of hydrogen-bond acceptors (Lipinski definition) is 9. The predicted molar refractivity (Wildman–Crippen MR) is 180 cm³/mol. The molecule has 4 aromatic carbocycles. The van der Waals surface area contributed by atoms with E-state index in [-0.39, 0.29) is 23.4 Å². The van der Waals surface area contributed by atoms with Gasteiger partial charge in [-0.2, -0.15) is 0 Å². The molecule has 1 saturated heterocycles. The molecule has 0 atom stereocenters. The largest absolute Gasteiger partial charge is 0.493 e. The number of nitrogens with one attached hydrogen (secondary N) is 1. The number of hydrogen-bond donors (Lipinski definition) is 1. The number of amides is 4. The molecule has 1 aliphatic rings. The molecule has 12 heteroatoms. The molecule has 1 N–H and O–H groups in total. The summed E-state index contributed by atoms with van der Waals surface area (Å²) in [6.45, 7) is 2.92. The fourth-order valence-electron chi connectivity index (χ4n) is 4.81. The van der Waals surface area contributed by atoms with Gasteiger partial charge in [0.15, 0.2) is 23.0 Å². The van der Waals surface area contributed by atoms with E-state index >= 15 is 0 Å². The topological polar surface area (TPSA) is 130 Å². The summed E-state index contributed by atoms with van der Waals surface area (Å²) >= 11 is 3.52. The van der Waals surface area contributed by atoms with Gasteiger partial charge >= 0.3 is 12.0 Å². The molecule has 0 unspecified atom stereocenters. The first-order chi connectivity index (χ1) is 23.2. The van der Waals surface area contributed by atoms with Crippen LogP contribution in [0.5, 0.6) is 23.0 Å². The summed E-state index contributed by atoms with van der Waals surface area (Å²) in [6, 6.07) is 23.4. The zero-order chi connectivity index (χ0) is 34.2. The Labute approximate surface area is 285 Å². The van der Waals surface area contributed by atoms with Crippen LogP contribution in [0.3, 0.4) is 0 Å². The van der Waals surface area contributed by atoms with Gasteiger partial charge in [0.25, 0.3) is 11.8 Å². The molecular weight excluding hydrogens is 684 g/mol. The summed E-state index contributed by atoms with van der Waals surface area (Å²) in [5.74, 6) is -0.348. The third-order valence-corrected chi connectivity index (χ3v) is 7.73. The number of ether oxygens (including phenoxy) is 5. The highest BCUT2D eigenvalue weighted by molar-refractivity contribution is 9.10. The van der Waals surface area contributed by atoms with E-state index in [4.69, 9.17) is 18.9 Å². The van der Waals surface area contributed by atoms with Crippen molar-refractivity contribution in [3.05, 3.63) is 117 Å². The van der Waals surface area contributed by atoms with Crippen molar-refractivity contribution >= 4 is 51.5 Å².